The van der Waals surface area contributed by atoms with Gasteiger partial charge in [0.15, 0.2) is 0 Å². The molecule has 6 heteroatoms. The van der Waals surface area contributed by atoms with Gasteiger partial charge in [0.2, 0.25) is 0 Å². The number of hydrogen-bond acceptors (Lipinski definition) is 4. The van der Waals surface area contributed by atoms with Crippen molar-refractivity contribution in [3.05, 3.63) is 0 Å². The third-order valence-electron chi connectivity index (χ3n) is 4.56. The third kappa shape index (κ3) is 6.59. The lowest BCUT2D eigenvalue weighted by molar-refractivity contribution is -0.163. The van der Waals surface area contributed by atoms with E-state index in [1.54, 1.807) is 0 Å². The average molecular weight is 328 g/mol. The summed E-state index contributed by atoms with van der Waals surface area (Å²) in [5, 5.41) is 18.3. The Kier molecular flexibility index (Phi) is 8.66. The van der Waals surface area contributed by atoms with Crippen LogP contribution in [0.25, 0.3) is 0 Å². The van der Waals surface area contributed by atoms with E-state index in [1.807, 2.05) is 0 Å². The highest BCUT2D eigenvalue weighted by molar-refractivity contribution is 5.82. The predicted molar refractivity (Wildman–Crippen MR) is 83.9 cm³/mol. The van der Waals surface area contributed by atoms with Crippen LogP contribution in [0.1, 0.15) is 64.7 Å². The lowest BCUT2D eigenvalue weighted by atomic mass is 9.74. The van der Waals surface area contributed by atoms with Crippen LogP contribution in [0.4, 0.5) is 0 Å². The minimum Gasteiger partial charge on any atom is -0.481 e. The van der Waals surface area contributed by atoms with Crippen molar-refractivity contribution in [3.63, 3.8) is 0 Å². The van der Waals surface area contributed by atoms with Gasteiger partial charge in [0.1, 0.15) is 0 Å². The molecule has 0 spiro atoms. The van der Waals surface area contributed by atoms with Crippen molar-refractivity contribution < 1.29 is 29.3 Å². The number of carbonyl (C=O) groups excluding carboxylic acids is 1. The van der Waals surface area contributed by atoms with Gasteiger partial charge in [0, 0.05) is 0 Å². The maximum absolute atomic E-state index is 12.1. The van der Waals surface area contributed by atoms with Crippen LogP contribution in [0, 0.1) is 17.8 Å². The van der Waals surface area contributed by atoms with Crippen molar-refractivity contribution >= 4 is 17.9 Å². The molecule has 0 heterocycles. The van der Waals surface area contributed by atoms with E-state index in [0.29, 0.717) is 13.0 Å². The minimum atomic E-state index is -1.11. The van der Waals surface area contributed by atoms with Crippen LogP contribution >= 0.6 is 0 Å². The van der Waals surface area contributed by atoms with Gasteiger partial charge < -0.3 is 14.9 Å². The largest absolute Gasteiger partial charge is 0.481 e. The Labute approximate surface area is 137 Å². The van der Waals surface area contributed by atoms with Gasteiger partial charge in [-0.2, -0.15) is 0 Å². The summed E-state index contributed by atoms with van der Waals surface area (Å²) in [5.74, 6) is -4.95. The molecule has 1 aliphatic carbocycles. The normalized spacial score (nSPS) is 24.1. The molecule has 1 aliphatic rings. The molecule has 0 radical (unpaired) electrons. The summed E-state index contributed by atoms with van der Waals surface area (Å²) in [4.78, 5) is 34.4. The predicted octanol–water partition coefficient (Wildman–Crippen LogP) is 3.09. The van der Waals surface area contributed by atoms with E-state index in [0.717, 1.165) is 19.3 Å². The molecule has 23 heavy (non-hydrogen) atoms. The summed E-state index contributed by atoms with van der Waals surface area (Å²) in [6.45, 7) is 2.47. The van der Waals surface area contributed by atoms with E-state index in [4.69, 9.17) is 9.84 Å². The summed E-state index contributed by atoms with van der Waals surface area (Å²) in [6.07, 6.45) is 7.09. The number of hydrogen-bond donors (Lipinski definition) is 2. The molecule has 1 saturated carbocycles. The maximum Gasteiger partial charge on any atom is 0.309 e. The van der Waals surface area contributed by atoms with Crippen LogP contribution < -0.4 is 0 Å². The fourth-order valence-corrected chi connectivity index (χ4v) is 3.11. The van der Waals surface area contributed by atoms with E-state index < -0.39 is 35.7 Å². The molecule has 0 amide bonds. The zero-order chi connectivity index (χ0) is 17.2. The zero-order valence-electron chi connectivity index (χ0n) is 13.8. The van der Waals surface area contributed by atoms with Crippen molar-refractivity contribution in [2.75, 3.05) is 6.61 Å². The molecular weight excluding hydrogens is 300 g/mol. The van der Waals surface area contributed by atoms with E-state index in [1.165, 1.54) is 19.3 Å². The molecule has 0 aromatic heterocycles. The molecule has 2 N–H and O–H groups in total. The Morgan fingerprint density at radius 3 is 2.17 bits per heavy atom. The summed E-state index contributed by atoms with van der Waals surface area (Å²) in [6, 6.07) is 0. The Balaban J connectivity index is 2.36. The second kappa shape index (κ2) is 10.2. The number of ether oxygens (including phenoxy) is 1. The molecule has 3 unspecified atom stereocenters. The van der Waals surface area contributed by atoms with Gasteiger partial charge in [0.25, 0.3) is 0 Å². The number of esters is 1. The third-order valence-corrected chi connectivity index (χ3v) is 4.56. The van der Waals surface area contributed by atoms with Gasteiger partial charge in [-0.25, -0.2) is 0 Å². The minimum absolute atomic E-state index is 0.00144. The van der Waals surface area contributed by atoms with Gasteiger partial charge in [-0.1, -0.05) is 39.0 Å². The summed E-state index contributed by atoms with van der Waals surface area (Å²) in [7, 11) is 0. The highest BCUT2D eigenvalue weighted by Gasteiger charge is 2.42. The number of carboxylic acid groups (broad SMARTS) is 2. The molecular formula is C17H28O6. The standard InChI is InChI=1S/C17H28O6/c1-2-3-4-5-6-7-10-23-17(22)13-9-8-12(15(18)19)11-14(13)16(20)21/h12-14H,2-11H2,1H3,(H,18,19)(H,20,21). The lowest BCUT2D eigenvalue weighted by Gasteiger charge is -2.30. The summed E-state index contributed by atoms with van der Waals surface area (Å²) in [5.41, 5.74) is 0. The van der Waals surface area contributed by atoms with Crippen LogP contribution in [-0.4, -0.2) is 34.7 Å². The molecule has 6 nitrogen and oxygen atoms in total. The highest BCUT2D eigenvalue weighted by atomic mass is 16.5. The molecule has 3 atom stereocenters. The van der Waals surface area contributed by atoms with Crippen molar-refractivity contribution in [2.45, 2.75) is 64.7 Å². The van der Waals surface area contributed by atoms with Gasteiger partial charge in [-0.15, -0.1) is 0 Å². The summed E-state index contributed by atoms with van der Waals surface area (Å²) < 4.78 is 5.21. The molecule has 1 rings (SSSR count). The maximum atomic E-state index is 12.1. The first kappa shape index (κ1) is 19.5. The van der Waals surface area contributed by atoms with Gasteiger partial charge in [-0.3, -0.25) is 14.4 Å². The van der Waals surface area contributed by atoms with Crippen molar-refractivity contribution in [3.8, 4) is 0 Å². The van der Waals surface area contributed by atoms with Crippen LogP contribution in [0.5, 0.6) is 0 Å². The van der Waals surface area contributed by atoms with Crippen LogP contribution in [0.3, 0.4) is 0 Å². The topological polar surface area (TPSA) is 101 Å². The second-order valence-electron chi connectivity index (χ2n) is 6.33. The highest BCUT2D eigenvalue weighted by Crippen LogP contribution is 2.35. The quantitative estimate of drug-likeness (QED) is 0.472. The number of unbranched alkanes of at least 4 members (excludes halogenated alkanes) is 5. The average Bonchev–Trinajstić information content (AvgIpc) is 2.53. The number of carboxylic acids is 2. The SMILES string of the molecule is CCCCCCCCOC(=O)C1CCC(C(=O)O)CC1C(=O)O. The number of rotatable bonds is 10. The van der Waals surface area contributed by atoms with Gasteiger partial charge in [-0.05, 0) is 25.7 Å². The van der Waals surface area contributed by atoms with Crippen LogP contribution in [0.15, 0.2) is 0 Å². The fraction of sp³-hybridized carbons (Fsp3) is 0.824. The first-order valence-corrected chi connectivity index (χ1v) is 8.59. The Morgan fingerprint density at radius 2 is 1.57 bits per heavy atom. The number of aliphatic carboxylic acids is 2. The fourth-order valence-electron chi connectivity index (χ4n) is 3.11. The van der Waals surface area contributed by atoms with Crippen LogP contribution in [-0.2, 0) is 19.1 Å². The lowest BCUT2D eigenvalue weighted by Crippen LogP contribution is -2.38. The van der Waals surface area contributed by atoms with Crippen molar-refractivity contribution in [1.29, 1.82) is 0 Å². The molecule has 132 valence electrons. The summed E-state index contributed by atoms with van der Waals surface area (Å²) >= 11 is 0. The Morgan fingerprint density at radius 1 is 0.913 bits per heavy atom. The molecule has 0 bridgehead atoms. The first-order valence-electron chi connectivity index (χ1n) is 8.59. The van der Waals surface area contributed by atoms with Crippen LogP contribution in [0.2, 0.25) is 0 Å². The van der Waals surface area contributed by atoms with E-state index in [2.05, 4.69) is 6.92 Å². The molecule has 0 aliphatic heterocycles. The molecule has 0 aromatic rings. The molecule has 0 aromatic carbocycles. The Bertz CT molecular complexity index is 406. The Hall–Kier alpha value is -1.59. The van der Waals surface area contributed by atoms with Gasteiger partial charge >= 0.3 is 17.9 Å². The molecule has 0 saturated heterocycles. The van der Waals surface area contributed by atoms with Crippen molar-refractivity contribution in [1.82, 2.24) is 0 Å². The zero-order valence-corrected chi connectivity index (χ0v) is 13.8. The van der Waals surface area contributed by atoms with E-state index in [-0.39, 0.29) is 12.8 Å². The van der Waals surface area contributed by atoms with E-state index in [9.17, 15) is 19.5 Å². The second-order valence-corrected chi connectivity index (χ2v) is 6.33. The van der Waals surface area contributed by atoms with Crippen molar-refractivity contribution in [2.24, 2.45) is 17.8 Å². The first-order chi connectivity index (χ1) is 11.0. The number of carbonyl (C=O) groups is 3. The van der Waals surface area contributed by atoms with E-state index >= 15 is 0 Å². The monoisotopic (exact) mass is 328 g/mol. The van der Waals surface area contributed by atoms with Gasteiger partial charge in [0.05, 0.1) is 24.4 Å². The molecule has 1 fully saturated rings. The smallest absolute Gasteiger partial charge is 0.309 e.